The maximum atomic E-state index is 10.9. The monoisotopic (exact) mass is 429 g/mol. The maximum absolute atomic E-state index is 10.9. The number of aromatic nitrogens is 3. The van der Waals surface area contributed by atoms with Crippen molar-refractivity contribution < 1.29 is 9.84 Å². The second kappa shape index (κ2) is 10.7. The van der Waals surface area contributed by atoms with Gasteiger partial charge in [-0.1, -0.05) is 30.3 Å². The molecule has 1 aliphatic rings. The van der Waals surface area contributed by atoms with Crippen LogP contribution in [0.15, 0.2) is 35.3 Å². The molecule has 0 spiro atoms. The first-order valence-electron chi connectivity index (χ1n) is 10.8. The quantitative estimate of drug-likeness (QED) is 0.425. The molecule has 3 rings (SSSR count). The van der Waals surface area contributed by atoms with Gasteiger partial charge in [0.2, 0.25) is 0 Å². The second-order valence-corrected chi connectivity index (χ2v) is 8.40. The molecule has 170 valence electrons. The van der Waals surface area contributed by atoms with Crippen LogP contribution in [0.25, 0.3) is 0 Å². The fourth-order valence-corrected chi connectivity index (χ4v) is 3.49. The third-order valence-electron chi connectivity index (χ3n) is 5.52. The number of hydrogen-bond acceptors (Lipinski definition) is 6. The zero-order valence-electron chi connectivity index (χ0n) is 19.0. The molecule has 9 heteroatoms. The van der Waals surface area contributed by atoms with Crippen LogP contribution < -0.4 is 10.6 Å². The average molecular weight is 430 g/mol. The number of morpholine rings is 1. The highest BCUT2D eigenvalue weighted by molar-refractivity contribution is 5.80. The second-order valence-electron chi connectivity index (χ2n) is 8.40. The van der Waals surface area contributed by atoms with Crippen molar-refractivity contribution in [3.05, 3.63) is 47.5 Å². The summed E-state index contributed by atoms with van der Waals surface area (Å²) in [6, 6.07) is 10.3. The third-order valence-corrected chi connectivity index (χ3v) is 5.52. The van der Waals surface area contributed by atoms with Gasteiger partial charge in [-0.3, -0.25) is 4.90 Å². The summed E-state index contributed by atoms with van der Waals surface area (Å²) in [5.74, 6) is 2.25. The predicted molar refractivity (Wildman–Crippen MR) is 121 cm³/mol. The van der Waals surface area contributed by atoms with E-state index in [9.17, 15) is 5.11 Å². The molecule has 2 unspecified atom stereocenters. The molecule has 2 atom stereocenters. The first kappa shape index (κ1) is 23.2. The number of nitrogens with zero attached hydrogens (tertiary/aromatic N) is 5. The summed E-state index contributed by atoms with van der Waals surface area (Å²) in [4.78, 5) is 6.94. The van der Waals surface area contributed by atoms with Crippen molar-refractivity contribution in [1.29, 1.82) is 0 Å². The minimum atomic E-state index is -0.906. The number of β-amino-alcohol motifs (C(OH)–C–C–N with tert-alkyl or cyclic N) is 1. The van der Waals surface area contributed by atoms with Gasteiger partial charge in [-0.2, -0.15) is 0 Å². The summed E-state index contributed by atoms with van der Waals surface area (Å²) in [6.07, 6.45) is 0. The van der Waals surface area contributed by atoms with Crippen molar-refractivity contribution in [3.8, 4) is 0 Å². The topological polar surface area (TPSA) is 99.8 Å². The summed E-state index contributed by atoms with van der Waals surface area (Å²) in [5.41, 5.74) is 0.253. The Morgan fingerprint density at radius 3 is 2.61 bits per heavy atom. The van der Waals surface area contributed by atoms with Crippen LogP contribution in [0.1, 0.15) is 37.1 Å². The Labute approximate surface area is 184 Å². The first-order chi connectivity index (χ1) is 14.8. The minimum Gasteiger partial charge on any atom is -0.387 e. The van der Waals surface area contributed by atoms with Crippen molar-refractivity contribution in [2.45, 2.75) is 39.0 Å². The molecular weight excluding hydrogens is 394 g/mol. The molecule has 1 aromatic carbocycles. The first-order valence-corrected chi connectivity index (χ1v) is 10.8. The maximum Gasteiger partial charge on any atom is 0.192 e. The molecule has 0 saturated carbocycles. The van der Waals surface area contributed by atoms with Crippen LogP contribution in [0, 0.1) is 6.92 Å². The van der Waals surface area contributed by atoms with Gasteiger partial charge in [0, 0.05) is 33.2 Å². The molecule has 2 heterocycles. The SMILES string of the molecule is Cc1nnc(CN=C(NCC(C)(O)CN2CCOCC2)NC(C)c2ccccc2)n1C. The van der Waals surface area contributed by atoms with E-state index in [-0.39, 0.29) is 6.04 Å². The fraction of sp³-hybridized carbons (Fsp3) is 0.591. The molecule has 1 aliphatic heterocycles. The molecule has 1 aromatic heterocycles. The van der Waals surface area contributed by atoms with Gasteiger partial charge in [0.25, 0.3) is 0 Å². The Bertz CT molecular complexity index is 845. The van der Waals surface area contributed by atoms with Crippen LogP contribution in [-0.4, -0.2) is 75.7 Å². The van der Waals surface area contributed by atoms with E-state index < -0.39 is 5.60 Å². The van der Waals surface area contributed by atoms with Crippen LogP contribution in [-0.2, 0) is 18.3 Å². The molecule has 0 amide bonds. The highest BCUT2D eigenvalue weighted by atomic mass is 16.5. The van der Waals surface area contributed by atoms with E-state index >= 15 is 0 Å². The standard InChI is InChI=1S/C22H35N7O2/c1-17(19-8-6-5-7-9-19)25-21(23-14-20-27-26-18(2)28(20)4)24-15-22(3,30)16-29-10-12-31-13-11-29/h5-9,17,30H,10-16H2,1-4H3,(H2,23,24,25). The Balaban J connectivity index is 1.66. The van der Waals surface area contributed by atoms with Gasteiger partial charge in [-0.15, -0.1) is 10.2 Å². The molecule has 0 radical (unpaired) electrons. The van der Waals surface area contributed by atoms with E-state index in [0.717, 1.165) is 30.3 Å². The molecule has 9 nitrogen and oxygen atoms in total. The van der Waals surface area contributed by atoms with Crippen LogP contribution in [0.5, 0.6) is 0 Å². The Kier molecular flexibility index (Phi) is 8.00. The van der Waals surface area contributed by atoms with Gasteiger partial charge in [-0.25, -0.2) is 4.99 Å². The zero-order valence-corrected chi connectivity index (χ0v) is 19.0. The average Bonchev–Trinajstić information content (AvgIpc) is 3.08. The third kappa shape index (κ3) is 7.02. The number of hydrogen-bond donors (Lipinski definition) is 3. The van der Waals surface area contributed by atoms with Crippen LogP contribution in [0.4, 0.5) is 0 Å². The molecule has 1 saturated heterocycles. The molecule has 1 fully saturated rings. The lowest BCUT2D eigenvalue weighted by atomic mass is 10.1. The Morgan fingerprint density at radius 2 is 1.97 bits per heavy atom. The van der Waals surface area contributed by atoms with Crippen LogP contribution in [0.3, 0.4) is 0 Å². The van der Waals surface area contributed by atoms with Gasteiger partial charge in [0.1, 0.15) is 12.4 Å². The summed E-state index contributed by atoms with van der Waals surface area (Å²) in [6.45, 7) is 10.3. The number of aryl methyl sites for hydroxylation is 1. The van der Waals surface area contributed by atoms with E-state index in [1.165, 1.54) is 0 Å². The zero-order chi connectivity index (χ0) is 22.3. The van der Waals surface area contributed by atoms with E-state index in [0.29, 0.717) is 38.8 Å². The van der Waals surface area contributed by atoms with E-state index in [1.54, 1.807) is 0 Å². The minimum absolute atomic E-state index is 0.0536. The summed E-state index contributed by atoms with van der Waals surface area (Å²) < 4.78 is 7.33. The van der Waals surface area contributed by atoms with Crippen molar-refractivity contribution in [2.24, 2.45) is 12.0 Å². The lowest BCUT2D eigenvalue weighted by Crippen LogP contribution is -2.53. The molecule has 0 bridgehead atoms. The van der Waals surface area contributed by atoms with E-state index in [1.807, 2.05) is 43.7 Å². The largest absolute Gasteiger partial charge is 0.387 e. The van der Waals surface area contributed by atoms with Crippen molar-refractivity contribution in [2.75, 3.05) is 39.4 Å². The molecule has 3 N–H and O–H groups in total. The molecular formula is C22H35N7O2. The summed E-state index contributed by atoms with van der Waals surface area (Å²) in [7, 11) is 1.93. The van der Waals surface area contributed by atoms with Gasteiger partial charge < -0.3 is 25.0 Å². The number of nitrogens with one attached hydrogen (secondary N) is 2. The molecule has 31 heavy (non-hydrogen) atoms. The Hall–Kier alpha value is -2.49. The van der Waals surface area contributed by atoms with Crippen molar-refractivity contribution >= 4 is 5.96 Å². The number of guanidine groups is 1. The van der Waals surface area contributed by atoms with Gasteiger partial charge in [0.05, 0.1) is 24.9 Å². The lowest BCUT2D eigenvalue weighted by Gasteiger charge is -2.34. The van der Waals surface area contributed by atoms with E-state index in [2.05, 4.69) is 44.8 Å². The molecule has 0 aliphatic carbocycles. The fourth-order valence-electron chi connectivity index (χ4n) is 3.49. The summed E-state index contributed by atoms with van der Waals surface area (Å²) in [5, 5.41) is 26.0. The predicted octanol–water partition coefficient (Wildman–Crippen LogP) is 1.00. The van der Waals surface area contributed by atoms with Gasteiger partial charge in [0.15, 0.2) is 11.8 Å². The van der Waals surface area contributed by atoms with Gasteiger partial charge >= 0.3 is 0 Å². The lowest BCUT2D eigenvalue weighted by molar-refractivity contribution is -0.0201. The number of aliphatic hydroxyl groups is 1. The number of aliphatic imine (C=N–C) groups is 1. The number of ether oxygens (including phenoxy) is 1. The molecule has 2 aromatic rings. The highest BCUT2D eigenvalue weighted by Gasteiger charge is 2.26. The number of benzene rings is 1. The Morgan fingerprint density at radius 1 is 1.26 bits per heavy atom. The van der Waals surface area contributed by atoms with Crippen molar-refractivity contribution in [3.63, 3.8) is 0 Å². The highest BCUT2D eigenvalue weighted by Crippen LogP contribution is 2.12. The van der Waals surface area contributed by atoms with E-state index in [4.69, 9.17) is 9.73 Å². The van der Waals surface area contributed by atoms with Crippen LogP contribution in [0.2, 0.25) is 0 Å². The summed E-state index contributed by atoms with van der Waals surface area (Å²) >= 11 is 0. The smallest absolute Gasteiger partial charge is 0.192 e. The number of rotatable bonds is 8. The van der Waals surface area contributed by atoms with Crippen LogP contribution >= 0.6 is 0 Å². The van der Waals surface area contributed by atoms with Crippen molar-refractivity contribution in [1.82, 2.24) is 30.3 Å². The van der Waals surface area contributed by atoms with Gasteiger partial charge in [-0.05, 0) is 26.3 Å². The normalized spacial score (nSPS) is 18.4.